The number of likely N-dealkylation sites (N-methyl/N-ethyl adjacent to an activating group) is 1. The fourth-order valence-electron chi connectivity index (χ4n) is 1.55. The summed E-state index contributed by atoms with van der Waals surface area (Å²) >= 11 is 5.84. The Balaban J connectivity index is 1.89. The van der Waals surface area contributed by atoms with E-state index in [-0.39, 0.29) is 5.95 Å². The molecule has 100 valence electrons. The highest BCUT2D eigenvalue weighted by Crippen LogP contribution is 2.15. The van der Waals surface area contributed by atoms with Gasteiger partial charge in [-0.1, -0.05) is 29.8 Å². The van der Waals surface area contributed by atoms with Crippen LogP contribution < -0.4 is 15.4 Å². The molecule has 0 amide bonds. The Hall–Kier alpha value is -2.01. The van der Waals surface area contributed by atoms with Crippen LogP contribution in [0.2, 0.25) is 5.15 Å². The minimum Gasteiger partial charge on any atom is -0.492 e. The molecule has 0 unspecified atom stereocenters. The number of nitrogens with two attached hydrogens (primary N) is 1. The van der Waals surface area contributed by atoms with Gasteiger partial charge in [0.15, 0.2) is 0 Å². The van der Waals surface area contributed by atoms with Gasteiger partial charge in [0.25, 0.3) is 0 Å². The van der Waals surface area contributed by atoms with Crippen molar-refractivity contribution in [2.75, 3.05) is 30.8 Å². The third kappa shape index (κ3) is 3.99. The number of aromatic nitrogens is 2. The molecule has 5 nitrogen and oxygen atoms in total. The van der Waals surface area contributed by atoms with Crippen molar-refractivity contribution >= 4 is 23.4 Å². The lowest BCUT2D eigenvalue weighted by atomic mass is 10.3. The molecule has 0 saturated carbocycles. The molecule has 1 aromatic heterocycles. The van der Waals surface area contributed by atoms with E-state index < -0.39 is 0 Å². The lowest BCUT2D eigenvalue weighted by molar-refractivity contribution is 0.325. The number of nitrogens with zero attached hydrogens (tertiary/aromatic N) is 3. The molecular weight excluding hydrogens is 264 g/mol. The van der Waals surface area contributed by atoms with Crippen LogP contribution in [0.3, 0.4) is 0 Å². The first-order chi connectivity index (χ1) is 9.15. The van der Waals surface area contributed by atoms with Gasteiger partial charge >= 0.3 is 0 Å². The zero-order valence-corrected chi connectivity index (χ0v) is 11.3. The number of hydrogen-bond donors (Lipinski definition) is 1. The van der Waals surface area contributed by atoms with Crippen LogP contribution in [-0.4, -0.2) is 30.2 Å². The van der Waals surface area contributed by atoms with Gasteiger partial charge in [-0.3, -0.25) is 0 Å². The van der Waals surface area contributed by atoms with E-state index in [9.17, 15) is 0 Å². The number of nitrogen functional groups attached to an aromatic ring is 1. The molecule has 0 aliphatic carbocycles. The van der Waals surface area contributed by atoms with Crippen molar-refractivity contribution < 1.29 is 4.74 Å². The van der Waals surface area contributed by atoms with Crippen molar-refractivity contribution in [3.05, 3.63) is 41.6 Å². The summed E-state index contributed by atoms with van der Waals surface area (Å²) in [5.41, 5.74) is 5.55. The van der Waals surface area contributed by atoms with Gasteiger partial charge < -0.3 is 15.4 Å². The average molecular weight is 279 g/mol. The lowest BCUT2D eigenvalue weighted by Gasteiger charge is -2.18. The van der Waals surface area contributed by atoms with E-state index in [2.05, 4.69) is 9.97 Å². The Labute approximate surface area is 117 Å². The van der Waals surface area contributed by atoms with Gasteiger partial charge in [-0.05, 0) is 12.1 Å². The van der Waals surface area contributed by atoms with Crippen LogP contribution in [0.25, 0.3) is 0 Å². The molecule has 2 rings (SSSR count). The summed E-state index contributed by atoms with van der Waals surface area (Å²) in [7, 11) is 1.90. The van der Waals surface area contributed by atoms with Crippen molar-refractivity contribution in [3.8, 4) is 5.75 Å². The van der Waals surface area contributed by atoms with Crippen LogP contribution >= 0.6 is 11.6 Å². The summed E-state index contributed by atoms with van der Waals surface area (Å²) in [4.78, 5) is 9.84. The average Bonchev–Trinajstić information content (AvgIpc) is 2.38. The summed E-state index contributed by atoms with van der Waals surface area (Å²) < 4.78 is 5.61. The molecule has 0 fully saturated rings. The highest BCUT2D eigenvalue weighted by Gasteiger charge is 2.06. The molecule has 2 aromatic rings. The molecule has 0 aliphatic heterocycles. The maximum Gasteiger partial charge on any atom is 0.223 e. The van der Waals surface area contributed by atoms with Crippen LogP contribution in [0.15, 0.2) is 36.4 Å². The minimum atomic E-state index is 0.165. The Morgan fingerprint density at radius 2 is 2.00 bits per heavy atom. The molecule has 0 saturated heterocycles. The molecule has 2 N–H and O–H groups in total. The fourth-order valence-corrected chi connectivity index (χ4v) is 1.73. The van der Waals surface area contributed by atoms with Gasteiger partial charge in [-0.2, -0.15) is 4.98 Å². The van der Waals surface area contributed by atoms with Crippen molar-refractivity contribution in [1.82, 2.24) is 9.97 Å². The van der Waals surface area contributed by atoms with Crippen LogP contribution in [0.4, 0.5) is 11.8 Å². The minimum absolute atomic E-state index is 0.165. The number of hydrogen-bond acceptors (Lipinski definition) is 5. The van der Waals surface area contributed by atoms with Crippen LogP contribution in [0.5, 0.6) is 5.75 Å². The first-order valence-electron chi connectivity index (χ1n) is 5.84. The third-order valence-corrected chi connectivity index (χ3v) is 2.72. The molecule has 0 bridgehead atoms. The third-order valence-electron chi connectivity index (χ3n) is 2.53. The Morgan fingerprint density at radius 3 is 2.68 bits per heavy atom. The quantitative estimate of drug-likeness (QED) is 0.850. The summed E-state index contributed by atoms with van der Waals surface area (Å²) in [5.74, 6) is 1.68. The van der Waals surface area contributed by atoms with E-state index in [0.29, 0.717) is 24.1 Å². The molecule has 0 atom stereocenters. The van der Waals surface area contributed by atoms with Gasteiger partial charge in [0.1, 0.15) is 23.3 Å². The van der Waals surface area contributed by atoms with E-state index in [0.717, 1.165) is 5.75 Å². The first-order valence-corrected chi connectivity index (χ1v) is 6.22. The zero-order valence-electron chi connectivity index (χ0n) is 10.6. The predicted octanol–water partition coefficient (Wildman–Crippen LogP) is 2.23. The second-order valence-electron chi connectivity index (χ2n) is 3.99. The predicted molar refractivity (Wildman–Crippen MR) is 76.7 cm³/mol. The number of ether oxygens (including phenoxy) is 1. The Morgan fingerprint density at radius 1 is 1.26 bits per heavy atom. The Bertz CT molecular complexity index is 515. The number of benzene rings is 1. The molecule has 6 heteroatoms. The molecule has 0 spiro atoms. The summed E-state index contributed by atoms with van der Waals surface area (Å²) in [5, 5.41) is 0.332. The van der Waals surface area contributed by atoms with Gasteiger partial charge in [0.05, 0.1) is 6.54 Å². The van der Waals surface area contributed by atoms with Crippen molar-refractivity contribution in [2.45, 2.75) is 0 Å². The van der Waals surface area contributed by atoms with Gasteiger partial charge in [0, 0.05) is 13.1 Å². The topological polar surface area (TPSA) is 64.3 Å². The van der Waals surface area contributed by atoms with E-state index in [1.807, 2.05) is 42.3 Å². The van der Waals surface area contributed by atoms with Gasteiger partial charge in [-0.15, -0.1) is 0 Å². The van der Waals surface area contributed by atoms with E-state index in [1.165, 1.54) is 0 Å². The highest BCUT2D eigenvalue weighted by atomic mass is 35.5. The molecule has 0 radical (unpaired) electrons. The molecule has 1 heterocycles. The Kier molecular flexibility index (Phi) is 4.41. The molecule has 0 aliphatic rings. The number of para-hydroxylation sites is 1. The maximum atomic E-state index is 5.84. The molecule has 19 heavy (non-hydrogen) atoms. The second-order valence-corrected chi connectivity index (χ2v) is 4.38. The van der Waals surface area contributed by atoms with Crippen LogP contribution in [-0.2, 0) is 0 Å². The molecular formula is C13H15ClN4O. The summed E-state index contributed by atoms with van der Waals surface area (Å²) in [6.07, 6.45) is 0. The van der Waals surface area contributed by atoms with Crippen molar-refractivity contribution in [3.63, 3.8) is 0 Å². The maximum absolute atomic E-state index is 5.84. The van der Waals surface area contributed by atoms with Crippen LogP contribution in [0.1, 0.15) is 0 Å². The monoisotopic (exact) mass is 278 g/mol. The molecule has 1 aromatic carbocycles. The highest BCUT2D eigenvalue weighted by molar-refractivity contribution is 6.29. The van der Waals surface area contributed by atoms with Crippen LogP contribution in [0, 0.1) is 0 Å². The number of anilines is 2. The van der Waals surface area contributed by atoms with Gasteiger partial charge in [-0.25, -0.2) is 4.98 Å². The fraction of sp³-hybridized carbons (Fsp3) is 0.231. The number of halogens is 1. The smallest absolute Gasteiger partial charge is 0.223 e. The number of rotatable bonds is 5. The SMILES string of the molecule is CN(CCOc1ccccc1)c1cc(Cl)nc(N)n1. The summed E-state index contributed by atoms with van der Waals surface area (Å²) in [6.45, 7) is 1.21. The van der Waals surface area contributed by atoms with Gasteiger partial charge in [0.2, 0.25) is 5.95 Å². The normalized spacial score (nSPS) is 10.2. The van der Waals surface area contributed by atoms with E-state index >= 15 is 0 Å². The lowest BCUT2D eigenvalue weighted by Crippen LogP contribution is -2.25. The zero-order chi connectivity index (χ0) is 13.7. The van der Waals surface area contributed by atoms with Crippen molar-refractivity contribution in [2.24, 2.45) is 0 Å². The summed E-state index contributed by atoms with van der Waals surface area (Å²) in [6, 6.07) is 11.3. The van der Waals surface area contributed by atoms with E-state index in [1.54, 1.807) is 6.07 Å². The standard InChI is InChI=1S/C13H15ClN4O/c1-18(12-9-11(14)16-13(15)17-12)7-8-19-10-5-3-2-4-6-10/h2-6,9H,7-8H2,1H3,(H2,15,16,17). The van der Waals surface area contributed by atoms with E-state index in [4.69, 9.17) is 22.1 Å². The largest absolute Gasteiger partial charge is 0.492 e. The second kappa shape index (κ2) is 6.24. The first kappa shape index (κ1) is 13.4. The van der Waals surface area contributed by atoms with Crippen molar-refractivity contribution in [1.29, 1.82) is 0 Å².